The highest BCUT2D eigenvalue weighted by atomic mass is 35.5. The molecule has 0 aromatic carbocycles. The third kappa shape index (κ3) is 3.44. The summed E-state index contributed by atoms with van der Waals surface area (Å²) < 4.78 is 4.70. The van der Waals surface area contributed by atoms with E-state index in [-0.39, 0.29) is 24.4 Å². The SMILES string of the molecule is COC(=O)C(C)N1CCN[C@@H](C)C1.Cl. The lowest BCUT2D eigenvalue weighted by molar-refractivity contribution is -0.146. The first-order valence-electron chi connectivity index (χ1n) is 4.70. The summed E-state index contributed by atoms with van der Waals surface area (Å²) in [6.45, 7) is 6.79. The van der Waals surface area contributed by atoms with E-state index in [0.717, 1.165) is 19.6 Å². The fourth-order valence-corrected chi connectivity index (χ4v) is 1.63. The van der Waals surface area contributed by atoms with Crippen LogP contribution in [0.2, 0.25) is 0 Å². The van der Waals surface area contributed by atoms with Crippen molar-refractivity contribution in [2.24, 2.45) is 0 Å². The van der Waals surface area contributed by atoms with E-state index in [9.17, 15) is 4.79 Å². The maximum Gasteiger partial charge on any atom is 0.322 e. The van der Waals surface area contributed by atoms with E-state index in [1.54, 1.807) is 0 Å². The number of carbonyl (C=O) groups excluding carboxylic acids is 1. The number of carbonyl (C=O) groups is 1. The van der Waals surface area contributed by atoms with E-state index in [1.807, 2.05) is 6.92 Å². The Morgan fingerprint density at radius 3 is 2.79 bits per heavy atom. The zero-order valence-corrected chi connectivity index (χ0v) is 9.76. The lowest BCUT2D eigenvalue weighted by atomic mass is 10.2. The Balaban J connectivity index is 0.00000169. The predicted molar refractivity (Wildman–Crippen MR) is 57.8 cm³/mol. The molecule has 0 spiro atoms. The van der Waals surface area contributed by atoms with Gasteiger partial charge in [-0.05, 0) is 13.8 Å². The Hall–Kier alpha value is -0.320. The van der Waals surface area contributed by atoms with Crippen LogP contribution in [0.3, 0.4) is 0 Å². The number of nitrogens with zero attached hydrogens (tertiary/aromatic N) is 1. The van der Waals surface area contributed by atoms with Crippen molar-refractivity contribution in [3.63, 3.8) is 0 Å². The summed E-state index contributed by atoms with van der Waals surface area (Å²) in [6, 6.07) is 0.343. The number of methoxy groups -OCH3 is 1. The van der Waals surface area contributed by atoms with Gasteiger partial charge in [0, 0.05) is 25.7 Å². The molecule has 1 unspecified atom stereocenters. The Morgan fingerprint density at radius 2 is 2.29 bits per heavy atom. The number of nitrogens with one attached hydrogen (secondary N) is 1. The molecule has 0 saturated carbocycles. The van der Waals surface area contributed by atoms with Crippen molar-refractivity contribution < 1.29 is 9.53 Å². The van der Waals surface area contributed by atoms with Gasteiger partial charge in [0.05, 0.1) is 7.11 Å². The molecule has 2 atom stereocenters. The zero-order valence-electron chi connectivity index (χ0n) is 8.95. The normalized spacial score (nSPS) is 24.9. The zero-order chi connectivity index (χ0) is 9.84. The van der Waals surface area contributed by atoms with E-state index in [0.29, 0.717) is 6.04 Å². The molecule has 1 aliphatic heterocycles. The van der Waals surface area contributed by atoms with Gasteiger partial charge < -0.3 is 10.1 Å². The lowest BCUT2D eigenvalue weighted by Gasteiger charge is -2.34. The van der Waals surface area contributed by atoms with Crippen LogP contribution in [0.5, 0.6) is 0 Å². The van der Waals surface area contributed by atoms with Gasteiger partial charge in [-0.3, -0.25) is 9.69 Å². The number of hydrogen-bond acceptors (Lipinski definition) is 4. The van der Waals surface area contributed by atoms with Crippen molar-refractivity contribution in [1.29, 1.82) is 0 Å². The van der Waals surface area contributed by atoms with Gasteiger partial charge in [0.25, 0.3) is 0 Å². The van der Waals surface area contributed by atoms with E-state index in [2.05, 4.69) is 17.1 Å². The fraction of sp³-hybridized carbons (Fsp3) is 0.889. The topological polar surface area (TPSA) is 41.6 Å². The first-order valence-corrected chi connectivity index (χ1v) is 4.70. The maximum atomic E-state index is 11.2. The molecule has 14 heavy (non-hydrogen) atoms. The van der Waals surface area contributed by atoms with E-state index in [4.69, 9.17) is 4.74 Å². The van der Waals surface area contributed by atoms with Crippen LogP contribution < -0.4 is 5.32 Å². The molecule has 0 bridgehead atoms. The molecule has 1 heterocycles. The van der Waals surface area contributed by atoms with E-state index < -0.39 is 0 Å². The minimum atomic E-state index is -0.144. The van der Waals surface area contributed by atoms with Gasteiger partial charge in [0.1, 0.15) is 6.04 Å². The molecule has 0 aromatic rings. The van der Waals surface area contributed by atoms with Gasteiger partial charge in [-0.1, -0.05) is 0 Å². The van der Waals surface area contributed by atoms with Crippen LogP contribution in [0.4, 0.5) is 0 Å². The summed E-state index contributed by atoms with van der Waals surface area (Å²) in [7, 11) is 1.43. The minimum absolute atomic E-state index is 0. The maximum absolute atomic E-state index is 11.2. The number of esters is 1. The summed E-state index contributed by atoms with van der Waals surface area (Å²) in [4.78, 5) is 13.4. The molecule has 1 fully saturated rings. The van der Waals surface area contributed by atoms with Crippen LogP contribution in [-0.2, 0) is 9.53 Å². The molecular formula is C9H19ClN2O2. The molecule has 0 aromatic heterocycles. The van der Waals surface area contributed by atoms with Gasteiger partial charge >= 0.3 is 5.97 Å². The Kier molecular flexibility index (Phi) is 6.08. The number of ether oxygens (including phenoxy) is 1. The van der Waals surface area contributed by atoms with Crippen molar-refractivity contribution >= 4 is 18.4 Å². The van der Waals surface area contributed by atoms with Crippen LogP contribution in [0.25, 0.3) is 0 Å². The number of hydrogen-bond donors (Lipinski definition) is 1. The minimum Gasteiger partial charge on any atom is -0.468 e. The van der Waals surface area contributed by atoms with Crippen LogP contribution >= 0.6 is 12.4 Å². The Labute approximate surface area is 91.4 Å². The van der Waals surface area contributed by atoms with Gasteiger partial charge in [-0.25, -0.2) is 0 Å². The van der Waals surface area contributed by atoms with Crippen LogP contribution in [-0.4, -0.2) is 49.7 Å². The van der Waals surface area contributed by atoms with Crippen molar-refractivity contribution in [3.05, 3.63) is 0 Å². The van der Waals surface area contributed by atoms with Gasteiger partial charge in [0.2, 0.25) is 0 Å². The first-order chi connectivity index (χ1) is 6.15. The summed E-state index contributed by atoms with van der Waals surface area (Å²) in [5, 5.41) is 3.33. The molecular weight excluding hydrogens is 204 g/mol. The van der Waals surface area contributed by atoms with Crippen molar-refractivity contribution in [1.82, 2.24) is 10.2 Å². The second-order valence-electron chi connectivity index (χ2n) is 3.55. The number of piperazine rings is 1. The third-order valence-corrected chi connectivity index (χ3v) is 2.49. The largest absolute Gasteiger partial charge is 0.468 e. The molecule has 1 aliphatic rings. The second-order valence-corrected chi connectivity index (χ2v) is 3.55. The standard InChI is InChI=1S/C9H18N2O2.ClH/c1-7-6-11(5-4-10-7)8(2)9(12)13-3;/h7-8,10H,4-6H2,1-3H3;1H/t7-,8?;/m0./s1. The molecule has 0 aliphatic carbocycles. The van der Waals surface area contributed by atoms with Crippen LogP contribution in [0.15, 0.2) is 0 Å². The molecule has 1 saturated heterocycles. The monoisotopic (exact) mass is 222 g/mol. The quantitative estimate of drug-likeness (QED) is 0.681. The fourth-order valence-electron chi connectivity index (χ4n) is 1.63. The number of rotatable bonds is 2. The molecule has 1 rings (SSSR count). The third-order valence-electron chi connectivity index (χ3n) is 2.49. The van der Waals surface area contributed by atoms with E-state index in [1.165, 1.54) is 7.11 Å². The summed E-state index contributed by atoms with van der Waals surface area (Å²) in [5.41, 5.74) is 0. The molecule has 5 heteroatoms. The molecule has 0 amide bonds. The Bertz CT molecular complexity index is 190. The van der Waals surface area contributed by atoms with Gasteiger partial charge in [0.15, 0.2) is 0 Å². The molecule has 84 valence electrons. The van der Waals surface area contributed by atoms with Gasteiger partial charge in [-0.2, -0.15) is 0 Å². The second kappa shape index (κ2) is 6.22. The summed E-state index contributed by atoms with van der Waals surface area (Å²) >= 11 is 0. The highest BCUT2D eigenvalue weighted by molar-refractivity contribution is 5.85. The molecule has 1 N–H and O–H groups in total. The van der Waals surface area contributed by atoms with Crippen molar-refractivity contribution in [2.45, 2.75) is 25.9 Å². The average Bonchev–Trinajstić information content (AvgIpc) is 2.15. The van der Waals surface area contributed by atoms with E-state index >= 15 is 0 Å². The Morgan fingerprint density at radius 1 is 1.64 bits per heavy atom. The summed E-state index contributed by atoms with van der Waals surface area (Å²) in [5.74, 6) is -0.144. The summed E-state index contributed by atoms with van der Waals surface area (Å²) in [6.07, 6.45) is 0. The highest BCUT2D eigenvalue weighted by Gasteiger charge is 2.25. The average molecular weight is 223 g/mol. The van der Waals surface area contributed by atoms with Crippen LogP contribution in [0.1, 0.15) is 13.8 Å². The van der Waals surface area contributed by atoms with Gasteiger partial charge in [-0.15, -0.1) is 12.4 Å². The lowest BCUT2D eigenvalue weighted by Crippen LogP contribution is -2.54. The van der Waals surface area contributed by atoms with Crippen molar-refractivity contribution in [3.8, 4) is 0 Å². The molecule has 4 nitrogen and oxygen atoms in total. The predicted octanol–water partition coefficient (Wildman–Crippen LogP) is 0.263. The first kappa shape index (κ1) is 13.7. The number of halogens is 1. The molecule has 0 radical (unpaired) electrons. The highest BCUT2D eigenvalue weighted by Crippen LogP contribution is 2.05. The van der Waals surface area contributed by atoms with Crippen molar-refractivity contribution in [2.75, 3.05) is 26.7 Å². The smallest absolute Gasteiger partial charge is 0.322 e. The van der Waals surface area contributed by atoms with Crippen LogP contribution in [0, 0.1) is 0 Å².